The fourth-order valence-corrected chi connectivity index (χ4v) is 2.98. The molecule has 114 valence electrons. The van der Waals surface area contributed by atoms with Gasteiger partial charge in [0.15, 0.2) is 5.16 Å². The molecule has 22 heavy (non-hydrogen) atoms. The first-order valence-corrected chi connectivity index (χ1v) is 8.38. The lowest BCUT2D eigenvalue weighted by Crippen LogP contribution is -2.40. The number of nitrogens with one attached hydrogen (secondary N) is 1. The van der Waals surface area contributed by atoms with Crippen LogP contribution in [-0.4, -0.2) is 33.7 Å². The lowest BCUT2D eigenvalue weighted by Gasteiger charge is -2.29. The third-order valence-corrected chi connectivity index (χ3v) is 4.52. The molecule has 0 bridgehead atoms. The summed E-state index contributed by atoms with van der Waals surface area (Å²) in [5.41, 5.74) is 2.53. The van der Waals surface area contributed by atoms with E-state index in [0.717, 1.165) is 11.1 Å². The Hall–Kier alpha value is -1.79. The molecule has 1 aliphatic rings. The highest BCUT2D eigenvalue weighted by atomic mass is 35.5. The molecule has 0 atom stereocenters. The zero-order valence-corrected chi connectivity index (χ0v) is 13.8. The Labute approximate surface area is 138 Å². The highest BCUT2D eigenvalue weighted by Gasteiger charge is 2.26. The second kappa shape index (κ2) is 6.14. The fraction of sp³-hybridized carbons (Fsp3) is 0.267. The summed E-state index contributed by atoms with van der Waals surface area (Å²) in [6.45, 7) is 2.85. The summed E-state index contributed by atoms with van der Waals surface area (Å²) in [6.07, 6.45) is 3.48. The van der Waals surface area contributed by atoms with Gasteiger partial charge in [-0.15, -0.1) is 0 Å². The van der Waals surface area contributed by atoms with Crippen LogP contribution in [0.5, 0.6) is 0 Å². The predicted octanol–water partition coefficient (Wildman–Crippen LogP) is 3.19. The van der Waals surface area contributed by atoms with E-state index in [-0.39, 0.29) is 5.91 Å². The van der Waals surface area contributed by atoms with Crippen molar-refractivity contribution in [2.75, 3.05) is 18.2 Å². The Morgan fingerprint density at radius 2 is 2.27 bits per heavy atom. The van der Waals surface area contributed by atoms with Gasteiger partial charge < -0.3 is 10.2 Å². The van der Waals surface area contributed by atoms with Crippen molar-refractivity contribution in [2.24, 2.45) is 0 Å². The van der Waals surface area contributed by atoms with E-state index in [4.69, 9.17) is 11.6 Å². The zero-order valence-electron chi connectivity index (χ0n) is 12.3. The molecule has 0 fully saturated rings. The average Bonchev–Trinajstić information content (AvgIpc) is 2.52. The van der Waals surface area contributed by atoms with E-state index in [1.54, 1.807) is 11.1 Å². The molecule has 1 N–H and O–H groups in total. The van der Waals surface area contributed by atoms with Gasteiger partial charge in [-0.05, 0) is 30.4 Å². The number of fused-ring (bicyclic) bond motifs is 1. The Morgan fingerprint density at radius 3 is 3.00 bits per heavy atom. The van der Waals surface area contributed by atoms with Crippen molar-refractivity contribution < 1.29 is 4.79 Å². The van der Waals surface area contributed by atoms with Gasteiger partial charge in [-0.2, -0.15) is 0 Å². The summed E-state index contributed by atoms with van der Waals surface area (Å²) in [7, 11) is 0. The van der Waals surface area contributed by atoms with Gasteiger partial charge in [0.25, 0.3) is 5.91 Å². The minimum atomic E-state index is -0.0827. The van der Waals surface area contributed by atoms with Gasteiger partial charge in [-0.1, -0.05) is 35.5 Å². The standard InChI is InChI=1S/C15H15ClN4OS/c1-9-4-3-5-12(16)11(9)7-20-8-18-13-10(14(20)21)6-17-15(19-13)22-2/h3-6H,7-8H2,1-2H3,(H,17,18,19). The van der Waals surface area contributed by atoms with Gasteiger partial charge in [0.1, 0.15) is 11.4 Å². The first-order valence-electron chi connectivity index (χ1n) is 6.78. The summed E-state index contributed by atoms with van der Waals surface area (Å²) in [5.74, 6) is 0.511. The fourth-order valence-electron chi connectivity index (χ4n) is 2.35. The molecular formula is C15H15ClN4OS. The Kier molecular flexibility index (Phi) is 4.22. The highest BCUT2D eigenvalue weighted by molar-refractivity contribution is 7.98. The average molecular weight is 335 g/mol. The topological polar surface area (TPSA) is 58.1 Å². The number of aryl methyl sites for hydroxylation is 1. The van der Waals surface area contributed by atoms with Crippen LogP contribution in [-0.2, 0) is 6.54 Å². The monoisotopic (exact) mass is 334 g/mol. The number of anilines is 1. The third kappa shape index (κ3) is 2.76. The molecule has 1 amide bonds. The maximum Gasteiger partial charge on any atom is 0.260 e. The molecule has 1 aromatic heterocycles. The molecule has 0 unspecified atom stereocenters. The van der Waals surface area contributed by atoms with Crippen molar-refractivity contribution in [3.63, 3.8) is 0 Å². The molecule has 1 aromatic carbocycles. The number of halogens is 1. The van der Waals surface area contributed by atoms with Gasteiger partial charge in [0.2, 0.25) is 0 Å². The third-order valence-electron chi connectivity index (χ3n) is 3.61. The van der Waals surface area contributed by atoms with Crippen LogP contribution in [0.25, 0.3) is 0 Å². The number of aromatic nitrogens is 2. The minimum Gasteiger partial charge on any atom is -0.352 e. The molecule has 2 aromatic rings. The van der Waals surface area contributed by atoms with Crippen molar-refractivity contribution in [3.05, 3.63) is 46.1 Å². The van der Waals surface area contributed by atoms with Crippen LogP contribution in [0, 0.1) is 6.92 Å². The van der Waals surface area contributed by atoms with Crippen molar-refractivity contribution >= 4 is 35.1 Å². The molecular weight excluding hydrogens is 320 g/mol. The molecule has 0 saturated heterocycles. The molecule has 3 rings (SSSR count). The molecule has 0 radical (unpaired) electrons. The van der Waals surface area contributed by atoms with Crippen LogP contribution in [0.2, 0.25) is 5.02 Å². The number of amides is 1. The van der Waals surface area contributed by atoms with E-state index in [1.807, 2.05) is 31.4 Å². The van der Waals surface area contributed by atoms with Gasteiger partial charge in [-0.3, -0.25) is 4.79 Å². The van der Waals surface area contributed by atoms with Crippen LogP contribution in [0.4, 0.5) is 5.82 Å². The number of carbonyl (C=O) groups is 1. The van der Waals surface area contributed by atoms with E-state index in [2.05, 4.69) is 15.3 Å². The van der Waals surface area contributed by atoms with Crippen molar-refractivity contribution in [3.8, 4) is 0 Å². The van der Waals surface area contributed by atoms with Crippen molar-refractivity contribution in [1.82, 2.24) is 14.9 Å². The van der Waals surface area contributed by atoms with Crippen LogP contribution >= 0.6 is 23.4 Å². The van der Waals surface area contributed by atoms with E-state index in [9.17, 15) is 4.79 Å². The molecule has 2 heterocycles. The van der Waals surface area contributed by atoms with E-state index in [0.29, 0.717) is 34.8 Å². The number of carbonyl (C=O) groups excluding carboxylic acids is 1. The second-order valence-corrected chi connectivity index (χ2v) is 6.17. The van der Waals surface area contributed by atoms with Gasteiger partial charge in [-0.25, -0.2) is 9.97 Å². The van der Waals surface area contributed by atoms with E-state index in [1.165, 1.54) is 11.8 Å². The second-order valence-electron chi connectivity index (χ2n) is 4.99. The number of rotatable bonds is 3. The predicted molar refractivity (Wildman–Crippen MR) is 88.4 cm³/mol. The first kappa shape index (κ1) is 15.1. The Bertz CT molecular complexity index is 717. The van der Waals surface area contributed by atoms with Crippen LogP contribution in [0.3, 0.4) is 0 Å². The van der Waals surface area contributed by atoms with Crippen LogP contribution in [0.15, 0.2) is 29.6 Å². The smallest absolute Gasteiger partial charge is 0.260 e. The van der Waals surface area contributed by atoms with Crippen LogP contribution in [0.1, 0.15) is 21.5 Å². The van der Waals surface area contributed by atoms with Gasteiger partial charge in [0.05, 0.1) is 6.67 Å². The lowest BCUT2D eigenvalue weighted by atomic mass is 10.1. The zero-order chi connectivity index (χ0) is 15.7. The Balaban J connectivity index is 1.87. The summed E-state index contributed by atoms with van der Waals surface area (Å²) in [6, 6.07) is 5.74. The summed E-state index contributed by atoms with van der Waals surface area (Å²) in [5, 5.41) is 4.50. The van der Waals surface area contributed by atoms with E-state index >= 15 is 0 Å². The molecule has 1 aliphatic heterocycles. The van der Waals surface area contributed by atoms with Gasteiger partial charge in [0, 0.05) is 17.8 Å². The summed E-state index contributed by atoms with van der Waals surface area (Å²) < 4.78 is 0. The Morgan fingerprint density at radius 1 is 1.45 bits per heavy atom. The molecule has 0 aliphatic carbocycles. The van der Waals surface area contributed by atoms with Gasteiger partial charge >= 0.3 is 0 Å². The summed E-state index contributed by atoms with van der Waals surface area (Å²) >= 11 is 7.70. The first-order chi connectivity index (χ1) is 10.6. The molecule has 5 nitrogen and oxygen atoms in total. The molecule has 7 heteroatoms. The highest BCUT2D eigenvalue weighted by Crippen LogP contribution is 2.26. The lowest BCUT2D eigenvalue weighted by molar-refractivity contribution is 0.0744. The number of hydrogen-bond donors (Lipinski definition) is 1. The molecule has 0 spiro atoms. The minimum absolute atomic E-state index is 0.0827. The number of benzene rings is 1. The van der Waals surface area contributed by atoms with E-state index < -0.39 is 0 Å². The summed E-state index contributed by atoms with van der Waals surface area (Å²) in [4.78, 5) is 22.8. The van der Waals surface area contributed by atoms with Crippen molar-refractivity contribution in [2.45, 2.75) is 18.6 Å². The van der Waals surface area contributed by atoms with Crippen molar-refractivity contribution in [1.29, 1.82) is 0 Å². The maximum absolute atomic E-state index is 12.6. The largest absolute Gasteiger partial charge is 0.352 e. The molecule has 0 saturated carbocycles. The number of thioether (sulfide) groups is 1. The number of hydrogen-bond acceptors (Lipinski definition) is 5. The normalized spacial score (nSPS) is 13.8. The quantitative estimate of drug-likeness (QED) is 0.690. The SMILES string of the molecule is CSc1ncc2c(n1)NCN(Cc1c(C)cccc1Cl)C2=O. The van der Waals surface area contributed by atoms with Crippen LogP contribution < -0.4 is 5.32 Å². The number of nitrogens with zero attached hydrogens (tertiary/aromatic N) is 3. The maximum atomic E-state index is 12.6.